The molecule has 0 aliphatic carbocycles. The van der Waals surface area contributed by atoms with E-state index in [1.165, 1.54) is 35.2 Å². The maximum atomic E-state index is 15.2. The van der Waals surface area contributed by atoms with Gasteiger partial charge in [0.2, 0.25) is 0 Å². The van der Waals surface area contributed by atoms with Crippen LogP contribution in [0.5, 0.6) is 0 Å². The lowest BCUT2D eigenvalue weighted by atomic mass is 9.92. The average Bonchev–Trinajstić information content (AvgIpc) is 3.52. The number of aromatic nitrogens is 3. The number of hydrogen-bond acceptors (Lipinski definition) is 4. The number of alkyl halides is 3. The lowest BCUT2D eigenvalue weighted by molar-refractivity contribution is -0.137. The minimum absolute atomic E-state index is 0.0542. The van der Waals surface area contributed by atoms with Gasteiger partial charge in [-0.25, -0.2) is 22.7 Å². The monoisotopic (exact) mass is 601 g/mol. The molecule has 7 nitrogen and oxygen atoms in total. The van der Waals surface area contributed by atoms with Crippen molar-refractivity contribution in [2.75, 3.05) is 5.32 Å². The molecule has 1 aliphatic heterocycles. The number of fused-ring (bicyclic) bond motifs is 2. The van der Waals surface area contributed by atoms with E-state index in [9.17, 15) is 31.5 Å². The molecular weight excluding hydrogens is 588 g/mol. The maximum absolute atomic E-state index is 15.2. The molecule has 1 atom stereocenters. The molecule has 2 N–H and O–H groups in total. The van der Waals surface area contributed by atoms with E-state index in [0.717, 1.165) is 18.2 Å². The van der Waals surface area contributed by atoms with Crippen LogP contribution in [0.2, 0.25) is 5.02 Å². The van der Waals surface area contributed by atoms with Crippen LogP contribution in [0.3, 0.4) is 0 Å². The van der Waals surface area contributed by atoms with E-state index >= 15 is 4.39 Å². The van der Waals surface area contributed by atoms with E-state index in [2.05, 4.69) is 20.7 Å². The zero-order chi connectivity index (χ0) is 29.9. The van der Waals surface area contributed by atoms with Gasteiger partial charge in [-0.2, -0.15) is 18.3 Å². The summed E-state index contributed by atoms with van der Waals surface area (Å²) in [7, 11) is 0. The fourth-order valence-corrected chi connectivity index (χ4v) is 5.02. The zero-order valence-corrected chi connectivity index (χ0v) is 21.5. The van der Waals surface area contributed by atoms with E-state index in [0.29, 0.717) is 12.1 Å². The van der Waals surface area contributed by atoms with Crippen molar-refractivity contribution in [3.63, 3.8) is 0 Å². The Labute approximate surface area is 236 Å². The summed E-state index contributed by atoms with van der Waals surface area (Å²) in [6.45, 7) is 0. The normalized spacial score (nSPS) is 14.6. The van der Waals surface area contributed by atoms with E-state index < -0.39 is 52.6 Å². The third kappa shape index (κ3) is 4.81. The Bertz CT molecular complexity index is 1940. The van der Waals surface area contributed by atoms with Crippen molar-refractivity contribution in [3.8, 4) is 11.1 Å². The topological polar surface area (TPSA) is 88.4 Å². The first-order valence-electron chi connectivity index (χ1n) is 12.0. The fourth-order valence-electron chi connectivity index (χ4n) is 4.79. The Morgan fingerprint density at radius 1 is 0.976 bits per heavy atom. The number of nitrogens with one attached hydrogen (secondary N) is 2. The molecule has 0 spiro atoms. The third-order valence-electron chi connectivity index (χ3n) is 6.67. The summed E-state index contributed by atoms with van der Waals surface area (Å²) < 4.78 is 84.6. The van der Waals surface area contributed by atoms with Crippen LogP contribution < -0.4 is 10.6 Å². The first-order valence-corrected chi connectivity index (χ1v) is 12.4. The number of amides is 2. The quantitative estimate of drug-likeness (QED) is 0.228. The largest absolute Gasteiger partial charge is 0.416 e. The van der Waals surface area contributed by atoms with Gasteiger partial charge in [0.1, 0.15) is 23.8 Å². The third-order valence-corrected chi connectivity index (χ3v) is 7.01. The minimum atomic E-state index is -4.94. The van der Waals surface area contributed by atoms with Crippen LogP contribution in [0.1, 0.15) is 43.4 Å². The van der Waals surface area contributed by atoms with Gasteiger partial charge in [0.05, 0.1) is 11.6 Å². The smallest absolute Gasteiger partial charge is 0.341 e. The fraction of sp³-hybridized carbons (Fsp3) is 0.0714. The lowest BCUT2D eigenvalue weighted by Gasteiger charge is -2.19. The molecule has 2 aromatic heterocycles. The molecule has 5 aromatic rings. The summed E-state index contributed by atoms with van der Waals surface area (Å²) in [5.74, 6) is -4.58. The molecule has 0 bridgehead atoms. The van der Waals surface area contributed by atoms with E-state index in [4.69, 9.17) is 11.6 Å². The first-order chi connectivity index (χ1) is 19.9. The Morgan fingerprint density at radius 2 is 1.76 bits per heavy atom. The summed E-state index contributed by atoms with van der Waals surface area (Å²) in [5, 5.41) is 9.09. The molecule has 1 unspecified atom stereocenters. The number of rotatable bonds is 4. The number of carbonyl (C=O) groups is 2. The van der Waals surface area contributed by atoms with Crippen LogP contribution in [0.25, 0.3) is 16.8 Å². The SMILES string of the molecule is O=C(Nc1cc(-c2cn3ncnc3cc2F)cc2c1C(c1cc(F)ccc1Cl)NC2=O)c1cc(F)cc(C(F)(F)F)c1. The van der Waals surface area contributed by atoms with Crippen molar-refractivity contribution in [3.05, 3.63) is 117 Å². The number of nitrogens with zero attached hydrogens (tertiary/aromatic N) is 3. The predicted molar refractivity (Wildman–Crippen MR) is 138 cm³/mol. The number of anilines is 1. The van der Waals surface area contributed by atoms with Gasteiger partial charge in [-0.05, 0) is 54.1 Å². The minimum Gasteiger partial charge on any atom is -0.341 e. The Hall–Kier alpha value is -4.91. The summed E-state index contributed by atoms with van der Waals surface area (Å²) in [5.41, 5.74) is -1.85. The van der Waals surface area contributed by atoms with Crippen molar-refractivity contribution in [1.29, 1.82) is 0 Å². The molecule has 1 aliphatic rings. The van der Waals surface area contributed by atoms with E-state index in [1.54, 1.807) is 0 Å². The van der Waals surface area contributed by atoms with Gasteiger partial charge in [-0.3, -0.25) is 9.59 Å². The first kappa shape index (κ1) is 27.3. The second kappa shape index (κ2) is 9.87. The number of pyridine rings is 1. The highest BCUT2D eigenvalue weighted by atomic mass is 35.5. The Morgan fingerprint density at radius 3 is 2.52 bits per heavy atom. The van der Waals surface area contributed by atoms with Crippen molar-refractivity contribution in [2.45, 2.75) is 12.2 Å². The van der Waals surface area contributed by atoms with Gasteiger partial charge >= 0.3 is 6.18 Å². The standard InChI is InChI=1S/C28H14ClF6N5O2/c29-20-2-1-15(30)8-17(20)25-24-18(27(42)39-25)5-12(19-10-40-23(9-21(19)32)36-11-37-40)6-22(24)38-26(41)13-3-14(28(33,34)35)7-16(31)4-13/h1-11,25H,(H,38,41)(H,39,42). The summed E-state index contributed by atoms with van der Waals surface area (Å²) in [6.07, 6.45) is -2.45. The van der Waals surface area contributed by atoms with Crippen molar-refractivity contribution < 1.29 is 35.9 Å². The Kier molecular flexibility index (Phi) is 6.41. The molecule has 0 saturated carbocycles. The number of carbonyl (C=O) groups excluding carboxylic acids is 2. The van der Waals surface area contributed by atoms with Crippen molar-refractivity contribution >= 4 is 34.7 Å². The second-order valence-electron chi connectivity index (χ2n) is 9.34. The highest BCUT2D eigenvalue weighted by molar-refractivity contribution is 6.31. The molecule has 3 heterocycles. The van der Waals surface area contributed by atoms with Crippen LogP contribution in [-0.4, -0.2) is 26.4 Å². The van der Waals surface area contributed by atoms with Crippen LogP contribution in [0.15, 0.2) is 67.1 Å². The number of halogens is 7. The van der Waals surface area contributed by atoms with Gasteiger partial charge in [-0.15, -0.1) is 0 Å². The number of hydrogen-bond donors (Lipinski definition) is 2. The molecule has 212 valence electrons. The van der Waals surface area contributed by atoms with Gasteiger partial charge in [0.25, 0.3) is 11.8 Å². The van der Waals surface area contributed by atoms with Crippen LogP contribution in [0, 0.1) is 17.5 Å². The zero-order valence-electron chi connectivity index (χ0n) is 20.7. The highest BCUT2D eigenvalue weighted by Gasteiger charge is 2.36. The summed E-state index contributed by atoms with van der Waals surface area (Å²) >= 11 is 6.30. The maximum Gasteiger partial charge on any atom is 0.416 e. The van der Waals surface area contributed by atoms with Gasteiger partial charge in [-0.1, -0.05) is 11.6 Å². The molecule has 0 fully saturated rings. The number of benzene rings is 3. The molecular formula is C28H14ClF6N5O2. The molecule has 3 aromatic carbocycles. The van der Waals surface area contributed by atoms with E-state index in [-0.39, 0.29) is 50.2 Å². The lowest BCUT2D eigenvalue weighted by Crippen LogP contribution is -2.21. The molecule has 2 amide bonds. The van der Waals surface area contributed by atoms with Crippen LogP contribution >= 0.6 is 11.6 Å². The van der Waals surface area contributed by atoms with Gasteiger partial charge < -0.3 is 10.6 Å². The second-order valence-corrected chi connectivity index (χ2v) is 9.74. The Balaban J connectivity index is 1.53. The molecule has 14 heteroatoms. The molecule has 42 heavy (non-hydrogen) atoms. The van der Waals surface area contributed by atoms with Gasteiger partial charge in [0.15, 0.2) is 5.65 Å². The highest BCUT2D eigenvalue weighted by Crippen LogP contribution is 2.42. The van der Waals surface area contributed by atoms with Crippen LogP contribution in [0.4, 0.5) is 32.0 Å². The predicted octanol–water partition coefficient (Wildman–Crippen LogP) is 6.57. The average molecular weight is 602 g/mol. The van der Waals surface area contributed by atoms with Crippen molar-refractivity contribution in [1.82, 2.24) is 19.9 Å². The van der Waals surface area contributed by atoms with Gasteiger partial charge in [0, 0.05) is 50.8 Å². The molecule has 0 saturated heterocycles. The molecule has 0 radical (unpaired) electrons. The van der Waals surface area contributed by atoms with Crippen LogP contribution in [-0.2, 0) is 6.18 Å². The summed E-state index contributed by atoms with van der Waals surface area (Å²) in [4.78, 5) is 30.3. The van der Waals surface area contributed by atoms with Crippen molar-refractivity contribution in [2.24, 2.45) is 0 Å². The van der Waals surface area contributed by atoms with E-state index in [1.807, 2.05) is 0 Å². The summed E-state index contributed by atoms with van der Waals surface area (Å²) in [6, 6.07) is 7.34. The molecule has 6 rings (SSSR count).